The molecule has 23 heavy (non-hydrogen) atoms. The first-order valence-corrected chi connectivity index (χ1v) is 7.81. The number of aromatic hydroxyl groups is 2. The highest BCUT2D eigenvalue weighted by Crippen LogP contribution is 2.22. The maximum absolute atomic E-state index is 9.75. The predicted molar refractivity (Wildman–Crippen MR) is 92.6 cm³/mol. The maximum Gasteiger partial charge on any atom is 0.128 e. The highest BCUT2D eigenvalue weighted by Gasteiger charge is 2.15. The van der Waals surface area contributed by atoms with Gasteiger partial charge in [0, 0.05) is 35.4 Å². The van der Waals surface area contributed by atoms with E-state index in [9.17, 15) is 10.2 Å². The molecule has 1 aliphatic heterocycles. The minimum Gasteiger partial charge on any atom is -0.508 e. The standard InChI is InChI=1S/C17H18ClN3O2/c18-14-2-4-15(5-3-14)20-7-9-21(10-8-20)19-12-13-1-6-16(22)11-17(13)23/h1-6,11-12,22-23H,7-10H2/b19-12-. The van der Waals surface area contributed by atoms with E-state index in [4.69, 9.17) is 11.6 Å². The topological polar surface area (TPSA) is 59.3 Å². The Morgan fingerprint density at radius 1 is 0.957 bits per heavy atom. The van der Waals surface area contributed by atoms with Gasteiger partial charge in [-0.25, -0.2) is 0 Å². The van der Waals surface area contributed by atoms with Gasteiger partial charge < -0.3 is 15.1 Å². The molecule has 2 aromatic carbocycles. The largest absolute Gasteiger partial charge is 0.508 e. The summed E-state index contributed by atoms with van der Waals surface area (Å²) in [6, 6.07) is 12.3. The number of hydrogen-bond acceptors (Lipinski definition) is 5. The fourth-order valence-corrected chi connectivity index (χ4v) is 2.63. The number of hydrazone groups is 1. The average molecular weight is 332 g/mol. The van der Waals surface area contributed by atoms with Crippen LogP contribution in [0.15, 0.2) is 47.6 Å². The molecule has 0 unspecified atom stereocenters. The first kappa shape index (κ1) is 15.5. The quantitative estimate of drug-likeness (QED) is 0.849. The lowest BCUT2D eigenvalue weighted by atomic mass is 10.2. The molecular formula is C17H18ClN3O2. The zero-order chi connectivity index (χ0) is 16.2. The van der Waals surface area contributed by atoms with Gasteiger partial charge in [0.25, 0.3) is 0 Å². The lowest BCUT2D eigenvalue weighted by Crippen LogP contribution is -2.44. The monoisotopic (exact) mass is 331 g/mol. The Morgan fingerprint density at radius 2 is 1.65 bits per heavy atom. The van der Waals surface area contributed by atoms with E-state index in [0.29, 0.717) is 5.56 Å². The molecule has 0 aromatic heterocycles. The van der Waals surface area contributed by atoms with Crippen LogP contribution in [0.1, 0.15) is 5.56 Å². The molecule has 0 saturated carbocycles. The Balaban J connectivity index is 1.58. The maximum atomic E-state index is 9.75. The summed E-state index contributed by atoms with van der Waals surface area (Å²) < 4.78 is 0. The van der Waals surface area contributed by atoms with E-state index >= 15 is 0 Å². The van der Waals surface area contributed by atoms with Crippen molar-refractivity contribution in [3.63, 3.8) is 0 Å². The molecule has 0 bridgehead atoms. The molecule has 120 valence electrons. The summed E-state index contributed by atoms with van der Waals surface area (Å²) in [6.45, 7) is 3.36. The normalized spacial score (nSPS) is 15.3. The molecule has 0 amide bonds. The molecular weight excluding hydrogens is 314 g/mol. The summed E-state index contributed by atoms with van der Waals surface area (Å²) >= 11 is 5.91. The van der Waals surface area contributed by atoms with Crippen molar-refractivity contribution in [2.45, 2.75) is 0 Å². The number of phenols is 2. The van der Waals surface area contributed by atoms with E-state index in [1.165, 1.54) is 12.1 Å². The Hall–Kier alpha value is -2.40. The summed E-state index contributed by atoms with van der Waals surface area (Å²) in [5.41, 5.74) is 1.75. The second kappa shape index (κ2) is 6.79. The van der Waals surface area contributed by atoms with Crippen LogP contribution in [0.3, 0.4) is 0 Å². The molecule has 1 aliphatic rings. The van der Waals surface area contributed by atoms with Gasteiger partial charge in [-0.15, -0.1) is 0 Å². The van der Waals surface area contributed by atoms with Gasteiger partial charge in [0.2, 0.25) is 0 Å². The van der Waals surface area contributed by atoms with Crippen molar-refractivity contribution >= 4 is 23.5 Å². The zero-order valence-electron chi connectivity index (χ0n) is 12.6. The lowest BCUT2D eigenvalue weighted by molar-refractivity contribution is 0.272. The third kappa shape index (κ3) is 3.87. The van der Waals surface area contributed by atoms with E-state index in [2.05, 4.69) is 10.0 Å². The van der Waals surface area contributed by atoms with E-state index in [-0.39, 0.29) is 11.5 Å². The highest BCUT2D eigenvalue weighted by atomic mass is 35.5. The van der Waals surface area contributed by atoms with Crippen molar-refractivity contribution in [1.82, 2.24) is 5.01 Å². The minimum atomic E-state index is 0.0218. The first-order valence-electron chi connectivity index (χ1n) is 7.43. The zero-order valence-corrected chi connectivity index (χ0v) is 13.3. The van der Waals surface area contributed by atoms with Gasteiger partial charge in [-0.3, -0.25) is 5.01 Å². The number of nitrogens with zero attached hydrogens (tertiary/aromatic N) is 3. The summed E-state index contributed by atoms with van der Waals surface area (Å²) in [4.78, 5) is 2.29. The fourth-order valence-electron chi connectivity index (χ4n) is 2.51. The molecule has 0 spiro atoms. The van der Waals surface area contributed by atoms with Crippen LogP contribution in [0.25, 0.3) is 0 Å². The van der Waals surface area contributed by atoms with Gasteiger partial charge >= 0.3 is 0 Å². The number of piperazine rings is 1. The molecule has 2 N–H and O–H groups in total. The van der Waals surface area contributed by atoms with Crippen molar-refractivity contribution in [2.24, 2.45) is 5.10 Å². The van der Waals surface area contributed by atoms with Gasteiger partial charge in [0.05, 0.1) is 19.3 Å². The molecule has 5 nitrogen and oxygen atoms in total. The second-order valence-corrected chi connectivity index (χ2v) is 5.84. The molecule has 1 heterocycles. The Labute approximate surface area is 140 Å². The van der Waals surface area contributed by atoms with Crippen LogP contribution in [0.2, 0.25) is 5.02 Å². The van der Waals surface area contributed by atoms with Crippen LogP contribution in [0.4, 0.5) is 5.69 Å². The number of anilines is 1. The van der Waals surface area contributed by atoms with Gasteiger partial charge in [0.1, 0.15) is 11.5 Å². The van der Waals surface area contributed by atoms with Crippen molar-refractivity contribution in [3.8, 4) is 11.5 Å². The Morgan fingerprint density at radius 3 is 2.30 bits per heavy atom. The van der Waals surface area contributed by atoms with Crippen LogP contribution in [-0.2, 0) is 0 Å². The SMILES string of the molecule is Oc1ccc(/C=N\N2CCN(c3ccc(Cl)cc3)CC2)c(O)c1. The van der Waals surface area contributed by atoms with Gasteiger partial charge in [-0.05, 0) is 36.4 Å². The summed E-state index contributed by atoms with van der Waals surface area (Å²) in [7, 11) is 0. The molecule has 1 fully saturated rings. The minimum absolute atomic E-state index is 0.0218. The van der Waals surface area contributed by atoms with Gasteiger partial charge in [-0.1, -0.05) is 11.6 Å². The molecule has 0 atom stereocenters. The van der Waals surface area contributed by atoms with Crippen LogP contribution in [-0.4, -0.2) is 47.6 Å². The van der Waals surface area contributed by atoms with E-state index < -0.39 is 0 Å². The van der Waals surface area contributed by atoms with E-state index in [1.807, 2.05) is 29.3 Å². The van der Waals surface area contributed by atoms with Crippen molar-refractivity contribution in [1.29, 1.82) is 0 Å². The number of halogens is 1. The number of benzene rings is 2. The molecule has 0 aliphatic carbocycles. The first-order chi connectivity index (χ1) is 11.1. The average Bonchev–Trinajstić information content (AvgIpc) is 2.55. The van der Waals surface area contributed by atoms with Crippen molar-refractivity contribution in [2.75, 3.05) is 31.1 Å². The summed E-state index contributed by atoms with van der Waals surface area (Å²) in [5.74, 6) is 0.0600. The van der Waals surface area contributed by atoms with E-state index in [1.54, 1.807) is 12.3 Å². The summed E-state index contributed by atoms with van der Waals surface area (Å²) in [6.07, 6.45) is 1.62. The van der Waals surface area contributed by atoms with Gasteiger partial charge in [-0.2, -0.15) is 5.10 Å². The molecule has 6 heteroatoms. The fraction of sp³-hybridized carbons (Fsp3) is 0.235. The highest BCUT2D eigenvalue weighted by molar-refractivity contribution is 6.30. The second-order valence-electron chi connectivity index (χ2n) is 5.40. The predicted octanol–water partition coefficient (Wildman–Crippen LogP) is 2.91. The smallest absolute Gasteiger partial charge is 0.128 e. The molecule has 3 rings (SSSR count). The Bertz CT molecular complexity index is 695. The van der Waals surface area contributed by atoms with E-state index in [0.717, 1.165) is 36.9 Å². The number of hydrogen-bond donors (Lipinski definition) is 2. The van der Waals surface area contributed by atoms with Crippen molar-refractivity contribution in [3.05, 3.63) is 53.1 Å². The molecule has 2 aromatic rings. The number of rotatable bonds is 3. The van der Waals surface area contributed by atoms with Crippen LogP contribution >= 0.6 is 11.6 Å². The van der Waals surface area contributed by atoms with Crippen LogP contribution in [0.5, 0.6) is 11.5 Å². The molecule has 0 radical (unpaired) electrons. The van der Waals surface area contributed by atoms with Crippen LogP contribution < -0.4 is 4.90 Å². The number of phenolic OH excluding ortho intramolecular Hbond substituents is 2. The Kier molecular flexibility index (Phi) is 4.57. The summed E-state index contributed by atoms with van der Waals surface area (Å²) in [5, 5.41) is 26.1. The van der Waals surface area contributed by atoms with Crippen molar-refractivity contribution < 1.29 is 10.2 Å². The van der Waals surface area contributed by atoms with Crippen LogP contribution in [0, 0.1) is 0 Å². The lowest BCUT2D eigenvalue weighted by Gasteiger charge is -2.34. The third-order valence-electron chi connectivity index (χ3n) is 3.82. The molecule has 1 saturated heterocycles. The van der Waals surface area contributed by atoms with Gasteiger partial charge in [0.15, 0.2) is 0 Å². The third-order valence-corrected chi connectivity index (χ3v) is 4.07.